The van der Waals surface area contributed by atoms with Gasteiger partial charge in [-0.3, -0.25) is 0 Å². The zero-order chi connectivity index (χ0) is 25.1. The first kappa shape index (κ1) is 24.1. The summed E-state index contributed by atoms with van der Waals surface area (Å²) in [6.45, 7) is 6.45. The Hall–Kier alpha value is -3.57. The smallest absolute Gasteiger partial charge is 0.0620 e. The van der Waals surface area contributed by atoms with Crippen LogP contribution in [0.5, 0.6) is 0 Å². The highest BCUT2D eigenvalue weighted by molar-refractivity contribution is 14.1. The average molecular weight is 581 g/mol. The number of anilines is 5. The second-order valence-electron chi connectivity index (χ2n) is 9.13. The molecule has 5 rings (SSSR count). The number of aryl methyl sites for hydroxylation is 3. The lowest BCUT2D eigenvalue weighted by Gasteiger charge is -2.30. The number of para-hydroxylation sites is 1. The molecule has 0 spiro atoms. The van der Waals surface area contributed by atoms with Crippen LogP contribution in [0.3, 0.4) is 0 Å². The molecule has 0 aliphatic carbocycles. The number of nitrogens with one attached hydrogen (secondary N) is 1. The zero-order valence-corrected chi connectivity index (χ0v) is 23.0. The van der Waals surface area contributed by atoms with E-state index in [0.29, 0.717) is 0 Å². The van der Waals surface area contributed by atoms with Gasteiger partial charge in [0, 0.05) is 26.2 Å². The molecule has 0 bridgehead atoms. The predicted octanol–water partition coefficient (Wildman–Crippen LogP) is 10.1. The molecule has 2 nitrogen and oxygen atoms in total. The molecule has 5 aromatic rings. The van der Waals surface area contributed by atoms with Crippen LogP contribution in [0.15, 0.2) is 115 Å². The van der Waals surface area contributed by atoms with Crippen molar-refractivity contribution in [3.8, 4) is 11.1 Å². The van der Waals surface area contributed by atoms with Crippen LogP contribution in [0.1, 0.15) is 16.7 Å². The van der Waals surface area contributed by atoms with Crippen LogP contribution < -0.4 is 10.2 Å². The summed E-state index contributed by atoms with van der Waals surface area (Å²) in [7, 11) is 0. The maximum Gasteiger partial charge on any atom is 0.0620 e. The van der Waals surface area contributed by atoms with Crippen LogP contribution in [0.2, 0.25) is 0 Å². The molecule has 178 valence electrons. The molecule has 0 amide bonds. The SMILES string of the molecule is Cc1ccc(N(c2ccc(C)cc2)c2ccc(I)c(Nc3ccccc3)c2-c2ccccc2C)cc1. The molecule has 0 unspecified atom stereocenters. The quantitative estimate of drug-likeness (QED) is 0.201. The van der Waals surface area contributed by atoms with E-state index in [1.807, 2.05) is 6.07 Å². The second kappa shape index (κ2) is 10.6. The van der Waals surface area contributed by atoms with Crippen LogP contribution >= 0.6 is 22.6 Å². The van der Waals surface area contributed by atoms with Crippen LogP contribution in [-0.2, 0) is 0 Å². The molecule has 3 heteroatoms. The van der Waals surface area contributed by atoms with Gasteiger partial charge in [0.05, 0.1) is 11.4 Å². The van der Waals surface area contributed by atoms with E-state index in [2.05, 4.69) is 163 Å². The first-order chi connectivity index (χ1) is 17.5. The lowest BCUT2D eigenvalue weighted by atomic mass is 9.95. The number of hydrogen-bond donors (Lipinski definition) is 1. The largest absolute Gasteiger partial charge is 0.354 e. The molecule has 0 aliphatic rings. The van der Waals surface area contributed by atoms with Crippen molar-refractivity contribution in [3.63, 3.8) is 0 Å². The number of rotatable bonds is 6. The van der Waals surface area contributed by atoms with Crippen LogP contribution in [0, 0.1) is 24.3 Å². The average Bonchev–Trinajstić information content (AvgIpc) is 2.89. The highest BCUT2D eigenvalue weighted by Gasteiger charge is 2.22. The van der Waals surface area contributed by atoms with Crippen LogP contribution in [0.25, 0.3) is 11.1 Å². The van der Waals surface area contributed by atoms with Crippen LogP contribution in [-0.4, -0.2) is 0 Å². The predicted molar refractivity (Wildman–Crippen MR) is 163 cm³/mol. The minimum atomic E-state index is 1.07. The van der Waals surface area contributed by atoms with E-state index in [4.69, 9.17) is 0 Å². The maximum absolute atomic E-state index is 3.75. The summed E-state index contributed by atoms with van der Waals surface area (Å²) in [5.41, 5.74) is 11.7. The molecule has 1 N–H and O–H groups in total. The van der Waals surface area contributed by atoms with E-state index >= 15 is 0 Å². The molecule has 0 fully saturated rings. The van der Waals surface area contributed by atoms with Gasteiger partial charge in [0.2, 0.25) is 0 Å². The van der Waals surface area contributed by atoms with E-state index < -0.39 is 0 Å². The van der Waals surface area contributed by atoms with Crippen molar-refractivity contribution in [3.05, 3.63) is 136 Å². The molecule has 0 saturated heterocycles. The minimum absolute atomic E-state index is 1.07. The summed E-state index contributed by atoms with van der Waals surface area (Å²) < 4.78 is 1.17. The van der Waals surface area contributed by atoms with E-state index in [1.54, 1.807) is 0 Å². The molecule has 0 atom stereocenters. The van der Waals surface area contributed by atoms with Gasteiger partial charge in [0.15, 0.2) is 0 Å². The summed E-state index contributed by atoms with van der Waals surface area (Å²) in [6, 6.07) is 41.1. The Morgan fingerprint density at radius 1 is 0.583 bits per heavy atom. The van der Waals surface area contributed by atoms with Crippen molar-refractivity contribution in [1.82, 2.24) is 0 Å². The van der Waals surface area contributed by atoms with Gasteiger partial charge in [-0.2, -0.15) is 0 Å². The van der Waals surface area contributed by atoms with E-state index in [0.717, 1.165) is 28.4 Å². The van der Waals surface area contributed by atoms with Crippen molar-refractivity contribution in [2.75, 3.05) is 10.2 Å². The Kier molecular flexibility index (Phi) is 7.10. The highest BCUT2D eigenvalue weighted by Crippen LogP contribution is 2.47. The standard InChI is InChI=1S/C33H29IN2/c1-23-13-17-27(18-14-23)36(28-19-15-24(2)16-20-28)31-22-21-30(34)33(35-26-10-5-4-6-11-26)32(31)29-12-8-7-9-25(29)3/h4-22,35H,1-3H3. The topological polar surface area (TPSA) is 15.3 Å². The monoisotopic (exact) mass is 580 g/mol. The highest BCUT2D eigenvalue weighted by atomic mass is 127. The van der Waals surface area contributed by atoms with Crippen LogP contribution in [0.4, 0.5) is 28.4 Å². The lowest BCUT2D eigenvalue weighted by Crippen LogP contribution is -2.13. The fourth-order valence-corrected chi connectivity index (χ4v) is 5.07. The minimum Gasteiger partial charge on any atom is -0.354 e. The summed E-state index contributed by atoms with van der Waals surface area (Å²) >= 11 is 2.45. The van der Waals surface area contributed by atoms with Gasteiger partial charge in [0.1, 0.15) is 0 Å². The number of halogens is 1. The Morgan fingerprint density at radius 2 is 1.14 bits per heavy atom. The van der Waals surface area contributed by atoms with E-state index in [9.17, 15) is 0 Å². The van der Waals surface area contributed by atoms with E-state index in [1.165, 1.54) is 31.4 Å². The molecule has 36 heavy (non-hydrogen) atoms. The van der Waals surface area contributed by atoms with Crippen molar-refractivity contribution in [2.24, 2.45) is 0 Å². The molecular weight excluding hydrogens is 551 g/mol. The third-order valence-electron chi connectivity index (χ3n) is 6.42. The van der Waals surface area contributed by atoms with Gasteiger partial charge in [-0.25, -0.2) is 0 Å². The van der Waals surface area contributed by atoms with Gasteiger partial charge in [0.25, 0.3) is 0 Å². The first-order valence-electron chi connectivity index (χ1n) is 12.2. The number of hydrogen-bond acceptors (Lipinski definition) is 2. The third-order valence-corrected chi connectivity index (χ3v) is 7.31. The lowest BCUT2D eigenvalue weighted by molar-refractivity contribution is 1.26. The fraction of sp³-hybridized carbons (Fsp3) is 0.0909. The number of benzene rings is 5. The van der Waals surface area contributed by atoms with Crippen molar-refractivity contribution in [1.29, 1.82) is 0 Å². The Bertz CT molecular complexity index is 1430. The Balaban J connectivity index is 1.81. The molecule has 0 radical (unpaired) electrons. The second-order valence-corrected chi connectivity index (χ2v) is 10.3. The van der Waals surface area contributed by atoms with Crippen molar-refractivity contribution >= 4 is 51.0 Å². The molecule has 0 aromatic heterocycles. The van der Waals surface area contributed by atoms with Gasteiger partial charge >= 0.3 is 0 Å². The molecule has 0 saturated carbocycles. The summed E-state index contributed by atoms with van der Waals surface area (Å²) in [5, 5.41) is 3.75. The van der Waals surface area contributed by atoms with Gasteiger partial charge in [-0.05, 0) is 103 Å². The van der Waals surface area contributed by atoms with Gasteiger partial charge < -0.3 is 10.2 Å². The Labute approximate surface area is 227 Å². The fourth-order valence-electron chi connectivity index (χ4n) is 4.48. The normalized spacial score (nSPS) is 10.8. The molecular formula is C33H29IN2. The van der Waals surface area contributed by atoms with Gasteiger partial charge in [-0.1, -0.05) is 77.9 Å². The maximum atomic E-state index is 3.75. The Morgan fingerprint density at radius 3 is 1.72 bits per heavy atom. The van der Waals surface area contributed by atoms with E-state index in [-0.39, 0.29) is 0 Å². The van der Waals surface area contributed by atoms with Gasteiger partial charge in [-0.15, -0.1) is 0 Å². The van der Waals surface area contributed by atoms with Crippen molar-refractivity contribution in [2.45, 2.75) is 20.8 Å². The van der Waals surface area contributed by atoms with Crippen molar-refractivity contribution < 1.29 is 0 Å². The molecule has 0 heterocycles. The zero-order valence-electron chi connectivity index (χ0n) is 20.8. The number of nitrogens with zero attached hydrogens (tertiary/aromatic N) is 1. The molecule has 0 aliphatic heterocycles. The summed E-state index contributed by atoms with van der Waals surface area (Å²) in [5.74, 6) is 0. The molecule has 5 aromatic carbocycles. The summed E-state index contributed by atoms with van der Waals surface area (Å²) in [6.07, 6.45) is 0. The summed E-state index contributed by atoms with van der Waals surface area (Å²) in [4.78, 5) is 2.37. The first-order valence-corrected chi connectivity index (χ1v) is 13.2. The third kappa shape index (κ3) is 5.02.